The summed E-state index contributed by atoms with van der Waals surface area (Å²) in [4.78, 5) is 0. The summed E-state index contributed by atoms with van der Waals surface area (Å²) in [6.45, 7) is 0. The van der Waals surface area contributed by atoms with E-state index in [-0.39, 0.29) is 11.3 Å². The Kier molecular flexibility index (Phi) is 3.27. The molecule has 0 nitrogen and oxygen atoms in total. The van der Waals surface area contributed by atoms with Crippen LogP contribution in [-0.4, -0.2) is 0 Å². The lowest BCUT2D eigenvalue weighted by molar-refractivity contribution is 0.771. The Morgan fingerprint density at radius 1 is 0.889 bits per heavy atom. The third-order valence-corrected chi connectivity index (χ3v) is 4.47. The van der Waals surface area contributed by atoms with Crippen molar-refractivity contribution < 1.29 is 0 Å². The molecule has 0 unspecified atom stereocenters. The van der Waals surface area contributed by atoms with Gasteiger partial charge in [-0.1, -0.05) is 53.5 Å². The average molecular weight is 298 g/mol. The van der Waals surface area contributed by atoms with Gasteiger partial charge in [0, 0.05) is 16.0 Å². The third kappa shape index (κ3) is 2.03. The van der Waals surface area contributed by atoms with Crippen molar-refractivity contribution in [2.24, 2.45) is 0 Å². The van der Waals surface area contributed by atoms with E-state index in [9.17, 15) is 0 Å². The van der Waals surface area contributed by atoms with Crippen LogP contribution >= 0.6 is 34.8 Å². The molecule has 0 bridgehead atoms. The number of alkyl halides is 1. The molecule has 1 aliphatic rings. The van der Waals surface area contributed by atoms with E-state index >= 15 is 0 Å². The summed E-state index contributed by atoms with van der Waals surface area (Å²) in [5, 5.41) is 1.45. The van der Waals surface area contributed by atoms with Crippen LogP contribution in [0.4, 0.5) is 0 Å². The van der Waals surface area contributed by atoms with E-state index in [0.717, 1.165) is 12.0 Å². The van der Waals surface area contributed by atoms with Crippen molar-refractivity contribution >= 4 is 34.8 Å². The first kappa shape index (κ1) is 12.3. The fourth-order valence-corrected chi connectivity index (χ4v) is 3.57. The highest BCUT2D eigenvalue weighted by Gasteiger charge is 2.31. The molecule has 0 aliphatic heterocycles. The van der Waals surface area contributed by atoms with E-state index in [2.05, 4.69) is 12.1 Å². The lowest BCUT2D eigenvalue weighted by Crippen LogP contribution is -1.97. The van der Waals surface area contributed by atoms with Crippen molar-refractivity contribution in [1.29, 1.82) is 0 Å². The van der Waals surface area contributed by atoms with Gasteiger partial charge >= 0.3 is 0 Å². The Labute approximate surface area is 121 Å². The van der Waals surface area contributed by atoms with Gasteiger partial charge in [0.1, 0.15) is 0 Å². The maximum Gasteiger partial charge on any atom is 0.0597 e. The van der Waals surface area contributed by atoms with Gasteiger partial charge in [-0.3, -0.25) is 0 Å². The van der Waals surface area contributed by atoms with Gasteiger partial charge in [-0.05, 0) is 35.2 Å². The number of halogens is 3. The minimum absolute atomic E-state index is 0.0675. The second-order valence-corrected chi connectivity index (χ2v) is 5.92. The molecule has 1 aliphatic carbocycles. The van der Waals surface area contributed by atoms with Gasteiger partial charge in [0.25, 0.3) is 0 Å². The molecule has 0 amide bonds. The van der Waals surface area contributed by atoms with Crippen LogP contribution in [0.2, 0.25) is 10.0 Å². The zero-order valence-electron chi connectivity index (χ0n) is 9.54. The van der Waals surface area contributed by atoms with Crippen molar-refractivity contribution in [3.8, 4) is 0 Å². The maximum atomic E-state index is 6.40. The van der Waals surface area contributed by atoms with Gasteiger partial charge in [0.2, 0.25) is 0 Å². The molecule has 3 rings (SSSR count). The molecule has 0 N–H and O–H groups in total. The molecule has 0 aromatic heterocycles. The van der Waals surface area contributed by atoms with Gasteiger partial charge in [0.15, 0.2) is 0 Å². The fraction of sp³-hybridized carbons (Fsp3) is 0.200. The summed E-state index contributed by atoms with van der Waals surface area (Å²) >= 11 is 18.6. The zero-order valence-corrected chi connectivity index (χ0v) is 11.8. The largest absolute Gasteiger partial charge is 0.118 e. The van der Waals surface area contributed by atoms with Crippen LogP contribution < -0.4 is 0 Å². The maximum absolute atomic E-state index is 6.40. The van der Waals surface area contributed by atoms with Crippen LogP contribution in [0.5, 0.6) is 0 Å². The molecule has 2 aromatic rings. The molecule has 2 aromatic carbocycles. The van der Waals surface area contributed by atoms with E-state index in [4.69, 9.17) is 34.8 Å². The lowest BCUT2D eigenvalue weighted by atomic mass is 9.93. The van der Waals surface area contributed by atoms with Crippen molar-refractivity contribution in [3.05, 3.63) is 69.2 Å². The van der Waals surface area contributed by atoms with Crippen molar-refractivity contribution in [2.45, 2.75) is 17.7 Å². The number of fused-ring (bicyclic) bond motifs is 1. The SMILES string of the molecule is Clc1ccc([C@@H]2C[C@H](Cl)c3ccccc32)c(Cl)c1. The number of hydrogen-bond acceptors (Lipinski definition) is 0. The quantitative estimate of drug-likeness (QED) is 0.583. The van der Waals surface area contributed by atoms with Crippen LogP contribution in [0.25, 0.3) is 0 Å². The smallest absolute Gasteiger partial charge is 0.0597 e. The highest BCUT2D eigenvalue weighted by molar-refractivity contribution is 6.35. The Morgan fingerprint density at radius 2 is 1.61 bits per heavy atom. The summed E-state index contributed by atoms with van der Waals surface area (Å²) in [5.74, 6) is 0.272. The molecule has 0 saturated heterocycles. The molecule has 0 fully saturated rings. The number of hydrogen-bond donors (Lipinski definition) is 0. The van der Waals surface area contributed by atoms with Crippen LogP contribution in [0, 0.1) is 0 Å². The van der Waals surface area contributed by atoms with Crippen LogP contribution in [0.1, 0.15) is 34.4 Å². The van der Waals surface area contributed by atoms with Gasteiger partial charge < -0.3 is 0 Å². The second-order valence-electron chi connectivity index (χ2n) is 4.55. The molecule has 0 radical (unpaired) electrons. The summed E-state index contributed by atoms with van der Waals surface area (Å²) in [6, 6.07) is 14.0. The minimum atomic E-state index is 0.0675. The standard InChI is InChI=1S/C15H11Cl3/c16-9-5-6-12(14(17)7-9)13-8-15(18)11-4-2-1-3-10(11)13/h1-7,13,15H,8H2/t13-,15+/m1/s1. The Hall–Kier alpha value is -0.690. The van der Waals surface area contributed by atoms with E-state index in [0.29, 0.717) is 10.0 Å². The molecule has 0 saturated carbocycles. The van der Waals surface area contributed by atoms with E-state index < -0.39 is 0 Å². The Morgan fingerprint density at radius 3 is 2.33 bits per heavy atom. The summed E-state index contributed by atoms with van der Waals surface area (Å²) in [5.41, 5.74) is 3.61. The first-order chi connectivity index (χ1) is 8.66. The van der Waals surface area contributed by atoms with Gasteiger partial charge in [0.05, 0.1) is 5.38 Å². The Bertz CT molecular complexity index is 592. The molecule has 0 heterocycles. The summed E-state index contributed by atoms with van der Waals surface area (Å²) < 4.78 is 0. The van der Waals surface area contributed by atoms with Crippen LogP contribution in [0.3, 0.4) is 0 Å². The second kappa shape index (κ2) is 4.77. The topological polar surface area (TPSA) is 0 Å². The summed E-state index contributed by atoms with van der Waals surface area (Å²) in [7, 11) is 0. The summed E-state index contributed by atoms with van der Waals surface area (Å²) in [6.07, 6.45) is 0.891. The molecule has 18 heavy (non-hydrogen) atoms. The highest BCUT2D eigenvalue weighted by Crippen LogP contribution is 2.48. The normalized spacial score (nSPS) is 21.9. The number of rotatable bonds is 1. The fourth-order valence-electron chi connectivity index (χ4n) is 2.65. The van der Waals surface area contributed by atoms with Crippen molar-refractivity contribution in [3.63, 3.8) is 0 Å². The first-order valence-corrected chi connectivity index (χ1v) is 7.04. The van der Waals surface area contributed by atoms with Gasteiger partial charge in [-0.25, -0.2) is 0 Å². The zero-order chi connectivity index (χ0) is 12.7. The molecule has 3 heteroatoms. The van der Waals surface area contributed by atoms with Gasteiger partial charge in [-0.2, -0.15) is 0 Å². The Balaban J connectivity index is 2.09. The van der Waals surface area contributed by atoms with Crippen LogP contribution in [0.15, 0.2) is 42.5 Å². The van der Waals surface area contributed by atoms with Gasteiger partial charge in [-0.15, -0.1) is 11.6 Å². The third-order valence-electron chi connectivity index (χ3n) is 3.49. The first-order valence-electron chi connectivity index (χ1n) is 5.84. The van der Waals surface area contributed by atoms with Crippen LogP contribution in [-0.2, 0) is 0 Å². The van der Waals surface area contributed by atoms with E-state index in [1.807, 2.05) is 24.3 Å². The van der Waals surface area contributed by atoms with E-state index in [1.54, 1.807) is 6.07 Å². The molecule has 92 valence electrons. The lowest BCUT2D eigenvalue weighted by Gasteiger charge is -2.14. The molecule has 0 spiro atoms. The molecule has 2 atom stereocenters. The highest BCUT2D eigenvalue weighted by atomic mass is 35.5. The van der Waals surface area contributed by atoms with E-state index in [1.165, 1.54) is 11.1 Å². The van der Waals surface area contributed by atoms with Crippen molar-refractivity contribution in [2.75, 3.05) is 0 Å². The monoisotopic (exact) mass is 296 g/mol. The molecular formula is C15H11Cl3. The van der Waals surface area contributed by atoms with Crippen molar-refractivity contribution in [1.82, 2.24) is 0 Å². The minimum Gasteiger partial charge on any atom is -0.118 e. The average Bonchev–Trinajstić information content (AvgIpc) is 2.68. The predicted molar refractivity (Wildman–Crippen MR) is 78.0 cm³/mol. The molecular weight excluding hydrogens is 287 g/mol. The predicted octanol–water partition coefficient (Wildman–Crippen LogP) is 5.81. The number of benzene rings is 2.